The zero-order valence-corrected chi connectivity index (χ0v) is 12.2. The Morgan fingerprint density at radius 3 is 2.89 bits per heavy atom. The molecule has 1 aromatic carbocycles. The number of hydrogen-bond donors (Lipinski definition) is 2. The van der Waals surface area contributed by atoms with Crippen LogP contribution in [-0.4, -0.2) is 0 Å². The van der Waals surface area contributed by atoms with Crippen LogP contribution in [0.3, 0.4) is 0 Å². The number of halogens is 1. The number of nitrogens with two attached hydrogens (primary N) is 1. The van der Waals surface area contributed by atoms with Crippen molar-refractivity contribution in [1.29, 1.82) is 0 Å². The van der Waals surface area contributed by atoms with Gasteiger partial charge in [-0.05, 0) is 52.4 Å². The lowest BCUT2D eigenvalue weighted by Gasteiger charge is -2.31. The second kappa shape index (κ2) is 5.49. The largest absolute Gasteiger partial charge is 0.466 e. The van der Waals surface area contributed by atoms with E-state index in [0.29, 0.717) is 5.92 Å². The molecule has 1 aliphatic rings. The molecule has 0 bridgehead atoms. The molecule has 1 aromatic heterocycles. The second-order valence-electron chi connectivity index (χ2n) is 4.97. The molecule has 4 heteroatoms. The maximum atomic E-state index is 5.79. The molecule has 19 heavy (non-hydrogen) atoms. The molecule has 0 aliphatic heterocycles. The first-order valence-electron chi connectivity index (χ1n) is 6.58. The number of fused-ring (bicyclic) bond motifs is 1. The van der Waals surface area contributed by atoms with Crippen molar-refractivity contribution >= 4 is 15.9 Å². The fourth-order valence-electron chi connectivity index (χ4n) is 3.04. The third-order valence-corrected chi connectivity index (χ3v) is 4.58. The number of hydrazine groups is 1. The minimum Gasteiger partial charge on any atom is -0.466 e. The van der Waals surface area contributed by atoms with Crippen LogP contribution in [-0.2, 0) is 6.42 Å². The van der Waals surface area contributed by atoms with Gasteiger partial charge in [-0.1, -0.05) is 24.3 Å². The molecule has 3 nitrogen and oxygen atoms in total. The van der Waals surface area contributed by atoms with E-state index in [-0.39, 0.29) is 6.04 Å². The van der Waals surface area contributed by atoms with Crippen LogP contribution in [0.2, 0.25) is 0 Å². The first-order valence-corrected chi connectivity index (χ1v) is 7.37. The zero-order valence-electron chi connectivity index (χ0n) is 10.6. The van der Waals surface area contributed by atoms with Gasteiger partial charge in [0.25, 0.3) is 0 Å². The van der Waals surface area contributed by atoms with Crippen molar-refractivity contribution in [3.8, 4) is 0 Å². The van der Waals surface area contributed by atoms with Gasteiger partial charge in [0, 0.05) is 5.92 Å². The Morgan fingerprint density at radius 1 is 1.32 bits per heavy atom. The van der Waals surface area contributed by atoms with Crippen LogP contribution in [0.5, 0.6) is 0 Å². The van der Waals surface area contributed by atoms with Crippen LogP contribution in [0.1, 0.15) is 41.7 Å². The van der Waals surface area contributed by atoms with Gasteiger partial charge < -0.3 is 4.42 Å². The number of aryl methyl sites for hydroxylation is 1. The summed E-state index contributed by atoms with van der Waals surface area (Å²) in [6, 6.07) is 10.5. The van der Waals surface area contributed by atoms with Crippen LogP contribution < -0.4 is 11.3 Å². The van der Waals surface area contributed by atoms with Crippen molar-refractivity contribution in [3.05, 3.63) is 58.0 Å². The molecule has 3 rings (SSSR count). The fraction of sp³-hybridized carbons (Fsp3) is 0.333. The molecular formula is C15H17BrN2O. The van der Waals surface area contributed by atoms with Gasteiger partial charge in [-0.3, -0.25) is 5.84 Å². The average Bonchev–Trinajstić information content (AvgIpc) is 2.86. The van der Waals surface area contributed by atoms with Crippen LogP contribution >= 0.6 is 15.9 Å². The predicted octanol–water partition coefficient (Wildman–Crippen LogP) is 3.67. The van der Waals surface area contributed by atoms with Crippen LogP contribution in [0.25, 0.3) is 0 Å². The summed E-state index contributed by atoms with van der Waals surface area (Å²) in [7, 11) is 0. The lowest BCUT2D eigenvalue weighted by molar-refractivity contribution is 0.343. The molecule has 0 fully saturated rings. The van der Waals surface area contributed by atoms with E-state index in [9.17, 15) is 0 Å². The number of rotatable bonds is 3. The molecule has 0 spiro atoms. The smallest absolute Gasteiger partial charge is 0.136 e. The molecule has 1 heterocycles. The van der Waals surface area contributed by atoms with Gasteiger partial charge in [-0.2, -0.15) is 0 Å². The van der Waals surface area contributed by atoms with Crippen molar-refractivity contribution in [3.63, 3.8) is 0 Å². The number of benzene rings is 1. The minimum atomic E-state index is 0.00539. The Balaban J connectivity index is 2.00. The van der Waals surface area contributed by atoms with Crippen molar-refractivity contribution in [2.75, 3.05) is 0 Å². The highest BCUT2D eigenvalue weighted by Gasteiger charge is 2.31. The highest BCUT2D eigenvalue weighted by Crippen LogP contribution is 2.41. The Labute approximate surface area is 121 Å². The molecular weight excluding hydrogens is 304 g/mol. The van der Waals surface area contributed by atoms with Gasteiger partial charge in [0.05, 0.1) is 16.8 Å². The van der Waals surface area contributed by atoms with Gasteiger partial charge in [-0.25, -0.2) is 5.43 Å². The highest BCUT2D eigenvalue weighted by molar-refractivity contribution is 9.10. The van der Waals surface area contributed by atoms with Crippen molar-refractivity contribution in [2.45, 2.75) is 31.2 Å². The molecule has 2 aromatic rings. The summed E-state index contributed by atoms with van der Waals surface area (Å²) >= 11 is 3.52. The standard InChI is InChI=1S/C15H17BrN2O/c16-13-8-9-19-15(13)14(18-17)12-7-3-5-10-4-1-2-6-11(10)12/h1-2,4,6,8-9,12,14,18H,3,5,7,17H2. The monoisotopic (exact) mass is 320 g/mol. The minimum absolute atomic E-state index is 0.00539. The lowest BCUT2D eigenvalue weighted by atomic mass is 9.78. The van der Waals surface area contributed by atoms with E-state index in [4.69, 9.17) is 10.3 Å². The van der Waals surface area contributed by atoms with Gasteiger partial charge >= 0.3 is 0 Å². The van der Waals surface area contributed by atoms with Gasteiger partial charge in [0.1, 0.15) is 5.76 Å². The topological polar surface area (TPSA) is 51.2 Å². The summed E-state index contributed by atoms with van der Waals surface area (Å²) < 4.78 is 6.57. The van der Waals surface area contributed by atoms with Crippen LogP contribution in [0.4, 0.5) is 0 Å². The van der Waals surface area contributed by atoms with Gasteiger partial charge in [0.15, 0.2) is 0 Å². The third-order valence-electron chi connectivity index (χ3n) is 3.92. The Kier molecular flexibility index (Phi) is 3.73. The summed E-state index contributed by atoms with van der Waals surface area (Å²) in [5.74, 6) is 7.03. The predicted molar refractivity (Wildman–Crippen MR) is 78.6 cm³/mol. The van der Waals surface area contributed by atoms with E-state index >= 15 is 0 Å². The molecule has 0 saturated heterocycles. The number of furan rings is 1. The summed E-state index contributed by atoms with van der Waals surface area (Å²) in [4.78, 5) is 0. The summed E-state index contributed by atoms with van der Waals surface area (Å²) in [5, 5.41) is 0. The average molecular weight is 321 g/mol. The van der Waals surface area contributed by atoms with E-state index in [1.807, 2.05) is 6.07 Å². The fourth-order valence-corrected chi connectivity index (χ4v) is 3.49. The molecule has 2 atom stereocenters. The van der Waals surface area contributed by atoms with E-state index in [2.05, 4.69) is 45.6 Å². The van der Waals surface area contributed by atoms with E-state index in [1.165, 1.54) is 17.5 Å². The molecule has 2 unspecified atom stereocenters. The van der Waals surface area contributed by atoms with Crippen molar-refractivity contribution < 1.29 is 4.42 Å². The molecule has 100 valence electrons. The third kappa shape index (κ3) is 2.36. The lowest BCUT2D eigenvalue weighted by Crippen LogP contribution is -2.34. The Bertz CT molecular complexity index is 567. The number of nitrogens with one attached hydrogen (secondary N) is 1. The van der Waals surface area contributed by atoms with E-state index in [1.54, 1.807) is 6.26 Å². The maximum Gasteiger partial charge on any atom is 0.136 e. The molecule has 0 amide bonds. The SMILES string of the molecule is NNC(c1occc1Br)C1CCCc2ccccc21. The first kappa shape index (κ1) is 12.9. The summed E-state index contributed by atoms with van der Waals surface area (Å²) in [5.41, 5.74) is 5.75. The normalized spacial score (nSPS) is 20.0. The van der Waals surface area contributed by atoms with Crippen molar-refractivity contribution in [2.24, 2.45) is 5.84 Å². The summed E-state index contributed by atoms with van der Waals surface area (Å²) in [6.45, 7) is 0. The molecule has 0 radical (unpaired) electrons. The van der Waals surface area contributed by atoms with Crippen molar-refractivity contribution in [1.82, 2.24) is 5.43 Å². The Hall–Kier alpha value is -1.10. The first-order chi connectivity index (χ1) is 9.31. The van der Waals surface area contributed by atoms with Gasteiger partial charge in [-0.15, -0.1) is 0 Å². The van der Waals surface area contributed by atoms with E-state index in [0.717, 1.165) is 23.1 Å². The quantitative estimate of drug-likeness (QED) is 0.670. The van der Waals surface area contributed by atoms with Crippen LogP contribution in [0.15, 0.2) is 45.5 Å². The number of hydrogen-bond acceptors (Lipinski definition) is 3. The zero-order chi connectivity index (χ0) is 13.2. The summed E-state index contributed by atoms with van der Waals surface area (Å²) in [6.07, 6.45) is 5.17. The second-order valence-corrected chi connectivity index (χ2v) is 5.83. The van der Waals surface area contributed by atoms with E-state index < -0.39 is 0 Å². The molecule has 1 aliphatic carbocycles. The Morgan fingerprint density at radius 2 is 2.16 bits per heavy atom. The molecule has 0 saturated carbocycles. The molecule has 3 N–H and O–H groups in total. The maximum absolute atomic E-state index is 5.79. The van der Waals surface area contributed by atoms with Gasteiger partial charge in [0.2, 0.25) is 0 Å². The van der Waals surface area contributed by atoms with Crippen LogP contribution in [0, 0.1) is 0 Å². The highest BCUT2D eigenvalue weighted by atomic mass is 79.9.